The average molecular weight is 120 g/mol. The molecule has 0 radical (unpaired) electrons. The molecule has 0 bridgehead atoms. The molecule has 0 heterocycles. The molecule has 0 saturated heterocycles. The molecule has 0 aromatic heterocycles. The Kier molecular flexibility index (Phi) is 4.20. The predicted octanol–water partition coefficient (Wildman–Crippen LogP) is -0.527. The van der Waals surface area contributed by atoms with E-state index in [1.54, 1.807) is 6.92 Å². The lowest BCUT2D eigenvalue weighted by Gasteiger charge is -1.95. The zero-order chi connectivity index (χ0) is 6.41. The lowest BCUT2D eigenvalue weighted by atomic mass is 10.8. The standard InChI is InChI=1S/C4H8O4/c1-2-7-8-4(6)3-5/h5H,2-3H2,1H3. The molecule has 0 aliphatic carbocycles. The normalized spacial score (nSPS) is 8.75. The molecule has 0 rings (SSSR count). The summed E-state index contributed by atoms with van der Waals surface area (Å²) in [6.45, 7) is 1.33. The van der Waals surface area contributed by atoms with Crippen LogP contribution in [0, 0.1) is 0 Å². The first-order chi connectivity index (χ1) is 3.81. The minimum atomic E-state index is -0.771. The number of hydrogen-bond acceptors (Lipinski definition) is 4. The lowest BCUT2D eigenvalue weighted by molar-refractivity contribution is -0.271. The van der Waals surface area contributed by atoms with Gasteiger partial charge in [-0.15, -0.1) is 0 Å². The molecule has 8 heavy (non-hydrogen) atoms. The van der Waals surface area contributed by atoms with Crippen LogP contribution in [0.15, 0.2) is 0 Å². The van der Waals surface area contributed by atoms with Crippen LogP contribution in [0.1, 0.15) is 6.92 Å². The minimum absolute atomic E-state index is 0.297. The highest BCUT2D eigenvalue weighted by Crippen LogP contribution is 1.76. The number of carbonyl (C=O) groups is 1. The first kappa shape index (κ1) is 7.39. The van der Waals surface area contributed by atoms with E-state index in [1.165, 1.54) is 0 Å². The second kappa shape index (κ2) is 4.55. The molecule has 4 heteroatoms. The van der Waals surface area contributed by atoms with E-state index in [9.17, 15) is 4.79 Å². The summed E-state index contributed by atoms with van der Waals surface area (Å²) in [7, 11) is 0. The van der Waals surface area contributed by atoms with Gasteiger partial charge in [0.2, 0.25) is 0 Å². The Hall–Kier alpha value is -0.610. The molecular formula is C4H8O4. The molecule has 1 N–H and O–H groups in total. The van der Waals surface area contributed by atoms with E-state index in [0.29, 0.717) is 6.61 Å². The predicted molar refractivity (Wildman–Crippen MR) is 24.8 cm³/mol. The third kappa shape index (κ3) is 3.58. The van der Waals surface area contributed by atoms with Crippen LogP contribution in [0.5, 0.6) is 0 Å². The highest BCUT2D eigenvalue weighted by Gasteiger charge is 1.96. The monoisotopic (exact) mass is 120 g/mol. The molecule has 0 fully saturated rings. The first-order valence-corrected chi connectivity index (χ1v) is 2.24. The van der Waals surface area contributed by atoms with Crippen LogP contribution in [0.25, 0.3) is 0 Å². The van der Waals surface area contributed by atoms with E-state index >= 15 is 0 Å². The number of aliphatic hydroxyl groups is 1. The maximum Gasteiger partial charge on any atom is 0.367 e. The van der Waals surface area contributed by atoms with Crippen LogP contribution in [-0.2, 0) is 14.6 Å². The quantitative estimate of drug-likeness (QED) is 0.402. The third-order valence-electron chi connectivity index (χ3n) is 0.399. The van der Waals surface area contributed by atoms with Crippen molar-refractivity contribution in [3.8, 4) is 0 Å². The molecule has 0 aliphatic heterocycles. The van der Waals surface area contributed by atoms with E-state index in [2.05, 4.69) is 9.78 Å². The minimum Gasteiger partial charge on any atom is -0.385 e. The Bertz CT molecular complexity index is 70.4. The van der Waals surface area contributed by atoms with Crippen molar-refractivity contribution in [2.75, 3.05) is 13.2 Å². The molecule has 0 aromatic carbocycles. The fourth-order valence-electron chi connectivity index (χ4n) is 0.151. The fourth-order valence-corrected chi connectivity index (χ4v) is 0.151. The number of hydrogen-bond donors (Lipinski definition) is 1. The van der Waals surface area contributed by atoms with Gasteiger partial charge in [0.1, 0.15) is 6.61 Å². The summed E-state index contributed by atoms with van der Waals surface area (Å²) in [5.74, 6) is -0.771. The van der Waals surface area contributed by atoms with E-state index in [-0.39, 0.29) is 0 Å². The van der Waals surface area contributed by atoms with Crippen molar-refractivity contribution in [3.63, 3.8) is 0 Å². The summed E-state index contributed by atoms with van der Waals surface area (Å²) in [5, 5.41) is 8.01. The van der Waals surface area contributed by atoms with Crippen molar-refractivity contribution < 1.29 is 19.7 Å². The van der Waals surface area contributed by atoms with Crippen LogP contribution in [-0.4, -0.2) is 24.3 Å². The highest BCUT2D eigenvalue weighted by molar-refractivity contribution is 5.69. The van der Waals surface area contributed by atoms with Crippen molar-refractivity contribution >= 4 is 5.97 Å². The molecule has 0 unspecified atom stereocenters. The molecule has 0 amide bonds. The van der Waals surface area contributed by atoms with Gasteiger partial charge in [-0.25, -0.2) is 4.79 Å². The number of carbonyl (C=O) groups excluding carboxylic acids is 1. The molecule has 48 valence electrons. The lowest BCUT2D eigenvalue weighted by Crippen LogP contribution is -2.08. The molecule has 4 nitrogen and oxygen atoms in total. The van der Waals surface area contributed by atoms with Gasteiger partial charge >= 0.3 is 5.97 Å². The van der Waals surface area contributed by atoms with Crippen LogP contribution in [0.2, 0.25) is 0 Å². The van der Waals surface area contributed by atoms with Crippen molar-refractivity contribution in [1.82, 2.24) is 0 Å². The van der Waals surface area contributed by atoms with Crippen LogP contribution >= 0.6 is 0 Å². The summed E-state index contributed by atoms with van der Waals surface area (Å²) in [6.07, 6.45) is 0. The number of aliphatic hydroxyl groups excluding tert-OH is 1. The van der Waals surface area contributed by atoms with E-state index in [1.807, 2.05) is 0 Å². The van der Waals surface area contributed by atoms with Gasteiger partial charge in [0, 0.05) is 0 Å². The van der Waals surface area contributed by atoms with Gasteiger partial charge in [0.15, 0.2) is 0 Å². The molecular weight excluding hydrogens is 112 g/mol. The molecule has 0 spiro atoms. The Morgan fingerprint density at radius 2 is 2.38 bits per heavy atom. The van der Waals surface area contributed by atoms with Crippen LogP contribution < -0.4 is 0 Å². The zero-order valence-electron chi connectivity index (χ0n) is 4.59. The SMILES string of the molecule is CCOOC(=O)CO. The van der Waals surface area contributed by atoms with E-state index in [0.717, 1.165) is 0 Å². The van der Waals surface area contributed by atoms with Crippen molar-refractivity contribution in [2.24, 2.45) is 0 Å². The second-order valence-corrected chi connectivity index (χ2v) is 1.02. The Balaban J connectivity index is 2.99. The zero-order valence-corrected chi connectivity index (χ0v) is 4.59. The molecule has 0 aromatic rings. The summed E-state index contributed by atoms with van der Waals surface area (Å²) < 4.78 is 0. The van der Waals surface area contributed by atoms with Crippen molar-refractivity contribution in [3.05, 3.63) is 0 Å². The van der Waals surface area contributed by atoms with Gasteiger partial charge in [-0.1, -0.05) is 0 Å². The summed E-state index contributed by atoms with van der Waals surface area (Å²) in [6, 6.07) is 0. The van der Waals surface area contributed by atoms with E-state index in [4.69, 9.17) is 5.11 Å². The Morgan fingerprint density at radius 3 is 2.75 bits per heavy atom. The third-order valence-corrected chi connectivity index (χ3v) is 0.399. The molecule has 0 atom stereocenters. The van der Waals surface area contributed by atoms with Crippen LogP contribution in [0.3, 0.4) is 0 Å². The summed E-state index contributed by atoms with van der Waals surface area (Å²) in [5.41, 5.74) is 0. The first-order valence-electron chi connectivity index (χ1n) is 2.24. The van der Waals surface area contributed by atoms with Crippen LogP contribution in [0.4, 0.5) is 0 Å². The maximum atomic E-state index is 9.97. The maximum absolute atomic E-state index is 9.97. The fraction of sp³-hybridized carbons (Fsp3) is 0.750. The summed E-state index contributed by atoms with van der Waals surface area (Å²) in [4.78, 5) is 18.1. The average Bonchev–Trinajstić information content (AvgIpc) is 1.83. The van der Waals surface area contributed by atoms with Gasteiger partial charge < -0.3 is 5.11 Å². The van der Waals surface area contributed by atoms with E-state index < -0.39 is 12.6 Å². The second-order valence-electron chi connectivity index (χ2n) is 1.02. The summed E-state index contributed by atoms with van der Waals surface area (Å²) >= 11 is 0. The van der Waals surface area contributed by atoms with Gasteiger partial charge in [-0.2, -0.15) is 4.89 Å². The largest absolute Gasteiger partial charge is 0.385 e. The number of rotatable bonds is 3. The topological polar surface area (TPSA) is 55.8 Å². The van der Waals surface area contributed by atoms with Gasteiger partial charge in [-0.05, 0) is 6.92 Å². The smallest absolute Gasteiger partial charge is 0.367 e. The van der Waals surface area contributed by atoms with Gasteiger partial charge in [0.25, 0.3) is 0 Å². The van der Waals surface area contributed by atoms with Gasteiger partial charge in [0.05, 0.1) is 6.61 Å². The highest BCUT2D eigenvalue weighted by atomic mass is 17.2. The Morgan fingerprint density at radius 1 is 1.75 bits per heavy atom. The van der Waals surface area contributed by atoms with Crippen molar-refractivity contribution in [2.45, 2.75) is 6.92 Å². The van der Waals surface area contributed by atoms with Gasteiger partial charge in [-0.3, -0.25) is 4.89 Å². The Labute approximate surface area is 46.9 Å². The van der Waals surface area contributed by atoms with Crippen molar-refractivity contribution in [1.29, 1.82) is 0 Å². The molecule has 0 saturated carbocycles. The molecule has 0 aliphatic rings.